The minimum atomic E-state index is -0.211. The van der Waals surface area contributed by atoms with Crippen molar-refractivity contribution >= 4 is 5.97 Å². The summed E-state index contributed by atoms with van der Waals surface area (Å²) < 4.78 is 5.24. The number of hydrogen-bond acceptors (Lipinski definition) is 2. The first kappa shape index (κ1) is 14.7. The summed E-state index contributed by atoms with van der Waals surface area (Å²) in [5, 5.41) is 0. The predicted octanol–water partition coefficient (Wildman–Crippen LogP) is 4.45. The first-order valence-electron chi connectivity index (χ1n) is 6.96. The number of benzene rings is 1. The highest BCUT2D eigenvalue weighted by Gasteiger charge is 2.06. The molecular formula is C16H24O2. The second-order valence-electron chi connectivity index (χ2n) is 4.89. The maximum atomic E-state index is 11.6. The Kier molecular flexibility index (Phi) is 7.16. The van der Waals surface area contributed by atoms with Gasteiger partial charge in [0.05, 0.1) is 12.2 Å². The van der Waals surface area contributed by atoms with Gasteiger partial charge in [-0.05, 0) is 30.9 Å². The Labute approximate surface area is 110 Å². The molecule has 0 amide bonds. The van der Waals surface area contributed by atoms with Crippen molar-refractivity contribution in [2.75, 3.05) is 6.61 Å². The fourth-order valence-corrected chi connectivity index (χ4v) is 1.95. The van der Waals surface area contributed by atoms with E-state index in [1.807, 2.05) is 18.2 Å². The number of hydrogen-bond donors (Lipinski definition) is 0. The number of unbranched alkanes of at least 4 members (excludes halogenated alkanes) is 1. The Morgan fingerprint density at radius 1 is 1.17 bits per heavy atom. The standard InChI is InChI=1S/C16H24O2/c1-3-4-9-14(2)10-8-13-18-16(17)15-11-6-5-7-12-15/h5-7,11-12,14H,3-4,8-10,13H2,1-2H3. The third kappa shape index (κ3) is 5.85. The summed E-state index contributed by atoms with van der Waals surface area (Å²) in [5.41, 5.74) is 0.636. The van der Waals surface area contributed by atoms with Gasteiger partial charge >= 0.3 is 5.97 Å². The van der Waals surface area contributed by atoms with Crippen molar-refractivity contribution in [3.05, 3.63) is 35.9 Å². The monoisotopic (exact) mass is 248 g/mol. The molecule has 1 rings (SSSR count). The van der Waals surface area contributed by atoms with Crippen LogP contribution in [0.1, 0.15) is 56.3 Å². The van der Waals surface area contributed by atoms with E-state index in [9.17, 15) is 4.79 Å². The molecule has 0 aliphatic carbocycles. The van der Waals surface area contributed by atoms with Crippen LogP contribution in [0, 0.1) is 5.92 Å². The van der Waals surface area contributed by atoms with Crippen LogP contribution in [0.5, 0.6) is 0 Å². The van der Waals surface area contributed by atoms with Crippen molar-refractivity contribution in [1.82, 2.24) is 0 Å². The number of carbonyl (C=O) groups is 1. The van der Waals surface area contributed by atoms with Crippen LogP contribution in [0.15, 0.2) is 30.3 Å². The van der Waals surface area contributed by atoms with E-state index >= 15 is 0 Å². The molecule has 0 fully saturated rings. The van der Waals surface area contributed by atoms with Gasteiger partial charge in [0.15, 0.2) is 0 Å². The zero-order chi connectivity index (χ0) is 13.2. The van der Waals surface area contributed by atoms with E-state index in [2.05, 4.69) is 13.8 Å². The van der Waals surface area contributed by atoms with Gasteiger partial charge in [0.2, 0.25) is 0 Å². The quantitative estimate of drug-likeness (QED) is 0.502. The minimum absolute atomic E-state index is 0.211. The smallest absolute Gasteiger partial charge is 0.338 e. The molecule has 1 unspecified atom stereocenters. The molecule has 0 radical (unpaired) electrons. The maximum Gasteiger partial charge on any atom is 0.338 e. The fraction of sp³-hybridized carbons (Fsp3) is 0.562. The molecule has 100 valence electrons. The highest BCUT2D eigenvalue weighted by atomic mass is 16.5. The average molecular weight is 248 g/mol. The molecule has 0 aliphatic rings. The third-order valence-electron chi connectivity index (χ3n) is 3.13. The van der Waals surface area contributed by atoms with Crippen molar-refractivity contribution in [2.45, 2.75) is 46.0 Å². The number of rotatable bonds is 8. The van der Waals surface area contributed by atoms with Crippen LogP contribution in [0.25, 0.3) is 0 Å². The van der Waals surface area contributed by atoms with Crippen LogP contribution in [-0.2, 0) is 4.74 Å². The van der Waals surface area contributed by atoms with Gasteiger partial charge in [-0.2, -0.15) is 0 Å². The van der Waals surface area contributed by atoms with Crippen LogP contribution >= 0.6 is 0 Å². The van der Waals surface area contributed by atoms with Crippen LogP contribution in [0.4, 0.5) is 0 Å². The van der Waals surface area contributed by atoms with E-state index in [0.29, 0.717) is 12.2 Å². The lowest BCUT2D eigenvalue weighted by molar-refractivity contribution is 0.0493. The van der Waals surface area contributed by atoms with Crippen molar-refractivity contribution in [2.24, 2.45) is 5.92 Å². The topological polar surface area (TPSA) is 26.3 Å². The van der Waals surface area contributed by atoms with E-state index in [1.165, 1.54) is 19.3 Å². The molecule has 0 saturated carbocycles. The summed E-state index contributed by atoms with van der Waals surface area (Å²) >= 11 is 0. The summed E-state index contributed by atoms with van der Waals surface area (Å²) in [4.78, 5) is 11.6. The van der Waals surface area contributed by atoms with Crippen molar-refractivity contribution in [3.8, 4) is 0 Å². The van der Waals surface area contributed by atoms with E-state index in [0.717, 1.165) is 18.8 Å². The van der Waals surface area contributed by atoms with Gasteiger partial charge in [-0.3, -0.25) is 0 Å². The molecule has 2 nitrogen and oxygen atoms in total. The van der Waals surface area contributed by atoms with Gasteiger partial charge < -0.3 is 4.74 Å². The zero-order valence-electron chi connectivity index (χ0n) is 11.5. The van der Waals surface area contributed by atoms with Gasteiger partial charge in [0.1, 0.15) is 0 Å². The maximum absolute atomic E-state index is 11.6. The lowest BCUT2D eigenvalue weighted by Crippen LogP contribution is -2.07. The molecular weight excluding hydrogens is 224 g/mol. The number of esters is 1. The number of ether oxygens (including phenoxy) is 1. The first-order chi connectivity index (χ1) is 8.74. The van der Waals surface area contributed by atoms with Crippen LogP contribution in [0.2, 0.25) is 0 Å². The lowest BCUT2D eigenvalue weighted by atomic mass is 9.99. The first-order valence-corrected chi connectivity index (χ1v) is 6.96. The second-order valence-corrected chi connectivity index (χ2v) is 4.89. The van der Waals surface area contributed by atoms with Crippen LogP contribution in [-0.4, -0.2) is 12.6 Å². The average Bonchev–Trinajstić information content (AvgIpc) is 2.42. The van der Waals surface area contributed by atoms with Gasteiger partial charge in [-0.25, -0.2) is 4.79 Å². The Morgan fingerprint density at radius 2 is 1.83 bits per heavy atom. The largest absolute Gasteiger partial charge is 0.462 e. The molecule has 1 aromatic rings. The zero-order valence-corrected chi connectivity index (χ0v) is 11.5. The minimum Gasteiger partial charge on any atom is -0.462 e. The van der Waals surface area contributed by atoms with Crippen LogP contribution < -0.4 is 0 Å². The molecule has 18 heavy (non-hydrogen) atoms. The van der Waals surface area contributed by atoms with Crippen molar-refractivity contribution < 1.29 is 9.53 Å². The lowest BCUT2D eigenvalue weighted by Gasteiger charge is -2.10. The third-order valence-corrected chi connectivity index (χ3v) is 3.13. The van der Waals surface area contributed by atoms with Gasteiger partial charge in [0, 0.05) is 0 Å². The molecule has 0 N–H and O–H groups in total. The Bertz CT molecular complexity index is 332. The normalized spacial score (nSPS) is 12.1. The second kappa shape index (κ2) is 8.73. The van der Waals surface area contributed by atoms with Crippen molar-refractivity contribution in [3.63, 3.8) is 0 Å². The molecule has 0 aliphatic heterocycles. The Hall–Kier alpha value is -1.31. The van der Waals surface area contributed by atoms with Gasteiger partial charge in [-0.15, -0.1) is 0 Å². The molecule has 0 aromatic heterocycles. The highest BCUT2D eigenvalue weighted by molar-refractivity contribution is 5.89. The van der Waals surface area contributed by atoms with Gasteiger partial charge in [-0.1, -0.05) is 51.3 Å². The molecule has 0 saturated heterocycles. The van der Waals surface area contributed by atoms with E-state index in [4.69, 9.17) is 4.74 Å². The fourth-order valence-electron chi connectivity index (χ4n) is 1.95. The van der Waals surface area contributed by atoms with E-state index < -0.39 is 0 Å². The summed E-state index contributed by atoms with van der Waals surface area (Å²) in [6.07, 6.45) is 5.94. The summed E-state index contributed by atoms with van der Waals surface area (Å²) in [6, 6.07) is 9.16. The molecule has 0 spiro atoms. The summed E-state index contributed by atoms with van der Waals surface area (Å²) in [6.45, 7) is 5.02. The predicted molar refractivity (Wildman–Crippen MR) is 74.6 cm³/mol. The SMILES string of the molecule is CCCCC(C)CCCOC(=O)c1ccccc1. The van der Waals surface area contributed by atoms with E-state index in [1.54, 1.807) is 12.1 Å². The molecule has 1 aromatic carbocycles. The summed E-state index contributed by atoms with van der Waals surface area (Å²) in [7, 11) is 0. The Morgan fingerprint density at radius 3 is 2.50 bits per heavy atom. The van der Waals surface area contributed by atoms with Crippen LogP contribution in [0.3, 0.4) is 0 Å². The molecule has 2 heteroatoms. The summed E-state index contributed by atoms with van der Waals surface area (Å²) in [5.74, 6) is 0.525. The molecule has 0 bridgehead atoms. The molecule has 1 atom stereocenters. The number of carbonyl (C=O) groups excluding carboxylic acids is 1. The highest BCUT2D eigenvalue weighted by Crippen LogP contribution is 2.14. The molecule has 0 heterocycles. The van der Waals surface area contributed by atoms with Gasteiger partial charge in [0.25, 0.3) is 0 Å². The van der Waals surface area contributed by atoms with Crippen molar-refractivity contribution in [1.29, 1.82) is 0 Å². The Balaban J connectivity index is 2.13. The van der Waals surface area contributed by atoms with E-state index in [-0.39, 0.29) is 5.97 Å².